The SMILES string of the molecule is CCN(CC(F)(F)F)C(=O)C1CCCN(C(=O)c2csc(CCN)n2)C1.Cl. The molecule has 0 radical (unpaired) electrons. The number of nitrogens with two attached hydrogens (primary N) is 1. The van der Waals surface area contributed by atoms with Gasteiger partial charge in [0.2, 0.25) is 5.91 Å². The van der Waals surface area contributed by atoms with E-state index < -0.39 is 24.5 Å². The summed E-state index contributed by atoms with van der Waals surface area (Å²) < 4.78 is 37.9. The van der Waals surface area contributed by atoms with Gasteiger partial charge in [0.25, 0.3) is 5.91 Å². The summed E-state index contributed by atoms with van der Waals surface area (Å²) >= 11 is 1.35. The molecule has 0 saturated carbocycles. The van der Waals surface area contributed by atoms with Gasteiger partial charge in [-0.1, -0.05) is 0 Å². The van der Waals surface area contributed by atoms with E-state index in [0.717, 1.165) is 9.91 Å². The highest BCUT2D eigenvalue weighted by Crippen LogP contribution is 2.24. The topological polar surface area (TPSA) is 79.5 Å². The first-order chi connectivity index (χ1) is 12.2. The zero-order valence-corrected chi connectivity index (χ0v) is 16.6. The van der Waals surface area contributed by atoms with Crippen molar-refractivity contribution in [2.24, 2.45) is 11.7 Å². The Morgan fingerprint density at radius 2 is 2.15 bits per heavy atom. The molecule has 6 nitrogen and oxygen atoms in total. The van der Waals surface area contributed by atoms with Crippen LogP contribution < -0.4 is 5.73 Å². The van der Waals surface area contributed by atoms with Crippen LogP contribution in [0.15, 0.2) is 5.38 Å². The molecule has 2 heterocycles. The first kappa shape index (κ1) is 23.6. The minimum absolute atomic E-state index is 0. The normalized spacial score (nSPS) is 17.4. The average Bonchev–Trinajstić information content (AvgIpc) is 3.06. The second-order valence-electron chi connectivity index (χ2n) is 6.22. The van der Waals surface area contributed by atoms with Crippen molar-refractivity contribution >= 4 is 35.6 Å². The smallest absolute Gasteiger partial charge is 0.336 e. The monoisotopic (exact) mass is 428 g/mol. The molecule has 1 unspecified atom stereocenters. The lowest BCUT2D eigenvalue weighted by molar-refractivity contribution is -0.164. The van der Waals surface area contributed by atoms with Gasteiger partial charge in [-0.2, -0.15) is 13.2 Å². The molecule has 1 fully saturated rings. The van der Waals surface area contributed by atoms with Crippen LogP contribution in [0.4, 0.5) is 13.2 Å². The maximum Gasteiger partial charge on any atom is 0.406 e. The van der Waals surface area contributed by atoms with E-state index in [4.69, 9.17) is 5.73 Å². The highest BCUT2D eigenvalue weighted by molar-refractivity contribution is 7.09. The van der Waals surface area contributed by atoms with Crippen molar-refractivity contribution in [3.05, 3.63) is 16.1 Å². The second-order valence-corrected chi connectivity index (χ2v) is 7.17. The molecule has 1 aromatic heterocycles. The number of rotatable bonds is 6. The average molecular weight is 429 g/mol. The number of thiazole rings is 1. The zero-order chi connectivity index (χ0) is 19.3. The van der Waals surface area contributed by atoms with Crippen molar-refractivity contribution in [2.75, 3.05) is 32.7 Å². The molecule has 0 aromatic carbocycles. The minimum atomic E-state index is -4.43. The van der Waals surface area contributed by atoms with E-state index in [9.17, 15) is 22.8 Å². The third-order valence-electron chi connectivity index (χ3n) is 4.25. The van der Waals surface area contributed by atoms with E-state index in [2.05, 4.69) is 4.98 Å². The standard InChI is InChI=1S/C16H23F3N4O2S.ClH/c1-2-22(10-16(17,18)19)14(24)11-4-3-7-23(8-11)15(25)12-9-26-13(21-12)5-6-20;/h9,11H,2-8,10,20H2,1H3;1H. The molecular weight excluding hydrogens is 405 g/mol. The minimum Gasteiger partial charge on any atom is -0.336 e. The maximum atomic E-state index is 12.6. The highest BCUT2D eigenvalue weighted by atomic mass is 35.5. The molecule has 1 aliphatic rings. The summed E-state index contributed by atoms with van der Waals surface area (Å²) in [6, 6.07) is 0. The quantitative estimate of drug-likeness (QED) is 0.754. The van der Waals surface area contributed by atoms with Crippen LogP contribution in [-0.2, 0) is 11.2 Å². The van der Waals surface area contributed by atoms with Gasteiger partial charge in [0.1, 0.15) is 12.2 Å². The van der Waals surface area contributed by atoms with E-state index in [-0.39, 0.29) is 31.4 Å². The fourth-order valence-corrected chi connectivity index (χ4v) is 3.78. The predicted octanol–water partition coefficient (Wildman–Crippen LogP) is 2.33. The predicted molar refractivity (Wildman–Crippen MR) is 99.1 cm³/mol. The number of carbonyl (C=O) groups is 2. The zero-order valence-electron chi connectivity index (χ0n) is 15.0. The first-order valence-corrected chi connectivity index (χ1v) is 9.42. The Kier molecular flexibility index (Phi) is 8.97. The van der Waals surface area contributed by atoms with Gasteiger partial charge < -0.3 is 15.5 Å². The number of alkyl halides is 3. The number of amides is 2. The largest absolute Gasteiger partial charge is 0.406 e. The van der Waals surface area contributed by atoms with Crippen LogP contribution >= 0.6 is 23.7 Å². The van der Waals surface area contributed by atoms with E-state index in [0.29, 0.717) is 38.0 Å². The van der Waals surface area contributed by atoms with Crippen LogP contribution in [0.3, 0.4) is 0 Å². The molecule has 1 aromatic rings. The number of aromatic nitrogens is 1. The van der Waals surface area contributed by atoms with Crippen molar-refractivity contribution in [1.29, 1.82) is 0 Å². The van der Waals surface area contributed by atoms with E-state index >= 15 is 0 Å². The summed E-state index contributed by atoms with van der Waals surface area (Å²) in [6.45, 7) is 1.27. The molecule has 11 heteroatoms. The van der Waals surface area contributed by atoms with Crippen molar-refractivity contribution in [3.8, 4) is 0 Å². The summed E-state index contributed by atoms with van der Waals surface area (Å²) in [5.41, 5.74) is 5.77. The number of hydrogen-bond donors (Lipinski definition) is 1. The summed E-state index contributed by atoms with van der Waals surface area (Å²) in [5, 5.41) is 2.42. The Labute approximate surface area is 166 Å². The lowest BCUT2D eigenvalue weighted by Crippen LogP contribution is -2.48. The molecule has 2 N–H and O–H groups in total. The maximum absolute atomic E-state index is 12.6. The Bertz CT molecular complexity index is 641. The highest BCUT2D eigenvalue weighted by Gasteiger charge is 2.37. The molecule has 1 atom stereocenters. The van der Waals surface area contributed by atoms with Gasteiger partial charge in [-0.3, -0.25) is 9.59 Å². The van der Waals surface area contributed by atoms with Crippen LogP contribution in [0.5, 0.6) is 0 Å². The Morgan fingerprint density at radius 1 is 1.44 bits per heavy atom. The van der Waals surface area contributed by atoms with Crippen LogP contribution in [0.1, 0.15) is 35.3 Å². The van der Waals surface area contributed by atoms with Crippen LogP contribution in [0.2, 0.25) is 0 Å². The fourth-order valence-electron chi connectivity index (χ4n) is 2.99. The van der Waals surface area contributed by atoms with Crippen molar-refractivity contribution < 1.29 is 22.8 Å². The number of likely N-dealkylation sites (tertiary alicyclic amines) is 1. The number of piperidine rings is 1. The molecule has 154 valence electrons. The molecule has 27 heavy (non-hydrogen) atoms. The van der Waals surface area contributed by atoms with E-state index in [1.807, 2.05) is 0 Å². The lowest BCUT2D eigenvalue weighted by atomic mass is 9.96. The molecule has 0 bridgehead atoms. The number of carbonyl (C=O) groups excluding carboxylic acids is 2. The molecule has 2 rings (SSSR count). The molecule has 1 saturated heterocycles. The molecule has 2 amide bonds. The van der Waals surface area contributed by atoms with Crippen LogP contribution in [0.25, 0.3) is 0 Å². The summed E-state index contributed by atoms with van der Waals surface area (Å²) in [5.74, 6) is -1.46. The van der Waals surface area contributed by atoms with Crippen molar-refractivity contribution in [1.82, 2.24) is 14.8 Å². The van der Waals surface area contributed by atoms with E-state index in [1.165, 1.54) is 23.2 Å². The third kappa shape index (κ3) is 6.62. The van der Waals surface area contributed by atoms with Gasteiger partial charge in [-0.15, -0.1) is 23.7 Å². The molecule has 0 aliphatic carbocycles. The number of nitrogens with zero attached hydrogens (tertiary/aromatic N) is 3. The molecule has 0 spiro atoms. The first-order valence-electron chi connectivity index (χ1n) is 8.54. The fraction of sp³-hybridized carbons (Fsp3) is 0.688. The Morgan fingerprint density at radius 3 is 2.74 bits per heavy atom. The summed E-state index contributed by atoms with van der Waals surface area (Å²) in [4.78, 5) is 31.6. The van der Waals surface area contributed by atoms with Gasteiger partial charge in [0, 0.05) is 31.4 Å². The second kappa shape index (κ2) is 10.2. The van der Waals surface area contributed by atoms with Crippen molar-refractivity contribution in [2.45, 2.75) is 32.4 Å². The molecule has 1 aliphatic heterocycles. The van der Waals surface area contributed by atoms with Crippen LogP contribution in [-0.4, -0.2) is 65.5 Å². The van der Waals surface area contributed by atoms with Gasteiger partial charge in [0.05, 0.1) is 10.9 Å². The number of hydrogen-bond acceptors (Lipinski definition) is 5. The van der Waals surface area contributed by atoms with Crippen molar-refractivity contribution in [3.63, 3.8) is 0 Å². The van der Waals surface area contributed by atoms with Gasteiger partial charge in [-0.25, -0.2) is 4.98 Å². The van der Waals surface area contributed by atoms with Gasteiger partial charge >= 0.3 is 6.18 Å². The lowest BCUT2D eigenvalue weighted by Gasteiger charge is -2.34. The third-order valence-corrected chi connectivity index (χ3v) is 5.16. The van der Waals surface area contributed by atoms with E-state index in [1.54, 1.807) is 5.38 Å². The van der Waals surface area contributed by atoms with Crippen LogP contribution in [0, 0.1) is 5.92 Å². The Balaban J connectivity index is 0.00000364. The summed E-state index contributed by atoms with van der Waals surface area (Å²) in [6.07, 6.45) is -2.80. The van der Waals surface area contributed by atoms with Gasteiger partial charge in [-0.05, 0) is 26.3 Å². The Hall–Kier alpha value is -1.39. The number of halogens is 4. The van der Waals surface area contributed by atoms with Gasteiger partial charge in [0.15, 0.2) is 0 Å². The summed E-state index contributed by atoms with van der Waals surface area (Å²) in [7, 11) is 0. The molecular formula is C16H24ClF3N4O2S.